The zero-order chi connectivity index (χ0) is 13.8. The average Bonchev–Trinajstić information content (AvgIpc) is 2.94. The molecule has 5 nitrogen and oxygen atoms in total. The van der Waals surface area contributed by atoms with E-state index in [0.29, 0.717) is 11.3 Å². The fraction of sp³-hybridized carbons (Fsp3) is 0.429. The minimum Gasteiger partial charge on any atom is -0.355 e. The number of nitrogens with one attached hydrogen (secondary N) is 3. The Morgan fingerprint density at radius 2 is 2.16 bits per heavy atom. The van der Waals surface area contributed by atoms with Crippen molar-refractivity contribution in [2.75, 3.05) is 18.9 Å². The SMILES string of the molecule is CNC(=O)c1cccc(NC(=O)[C@H]2CCCN2)c1C. The molecule has 1 saturated heterocycles. The van der Waals surface area contributed by atoms with Gasteiger partial charge >= 0.3 is 0 Å². The standard InChI is InChI=1S/C14H19N3O2/c1-9-10(13(18)15-2)5-3-6-11(9)17-14(19)12-7-4-8-16-12/h3,5-6,12,16H,4,7-8H2,1-2H3,(H,15,18)(H,17,19)/t12-/m1/s1. The van der Waals surface area contributed by atoms with Gasteiger partial charge in [-0.2, -0.15) is 0 Å². The molecule has 102 valence electrons. The second-order valence-electron chi connectivity index (χ2n) is 4.70. The lowest BCUT2D eigenvalue weighted by atomic mass is 10.1. The number of carbonyl (C=O) groups is 2. The van der Waals surface area contributed by atoms with Crippen molar-refractivity contribution >= 4 is 17.5 Å². The molecule has 1 aromatic rings. The first-order valence-electron chi connectivity index (χ1n) is 6.49. The van der Waals surface area contributed by atoms with Crippen LogP contribution in [0.25, 0.3) is 0 Å². The lowest BCUT2D eigenvalue weighted by Crippen LogP contribution is -2.35. The smallest absolute Gasteiger partial charge is 0.251 e. The maximum absolute atomic E-state index is 12.0. The van der Waals surface area contributed by atoms with Crippen LogP contribution in [0.2, 0.25) is 0 Å². The maximum Gasteiger partial charge on any atom is 0.251 e. The molecule has 0 unspecified atom stereocenters. The predicted molar refractivity (Wildman–Crippen MR) is 74.2 cm³/mol. The number of benzene rings is 1. The summed E-state index contributed by atoms with van der Waals surface area (Å²) in [6.07, 6.45) is 1.88. The van der Waals surface area contributed by atoms with Gasteiger partial charge in [-0.05, 0) is 44.0 Å². The topological polar surface area (TPSA) is 70.2 Å². The van der Waals surface area contributed by atoms with Gasteiger partial charge in [-0.3, -0.25) is 9.59 Å². The summed E-state index contributed by atoms with van der Waals surface area (Å²) in [4.78, 5) is 23.7. The summed E-state index contributed by atoms with van der Waals surface area (Å²) in [6.45, 7) is 2.72. The van der Waals surface area contributed by atoms with Crippen LogP contribution in [0.1, 0.15) is 28.8 Å². The Balaban J connectivity index is 2.16. The molecule has 0 aliphatic carbocycles. The van der Waals surface area contributed by atoms with E-state index in [9.17, 15) is 9.59 Å². The lowest BCUT2D eigenvalue weighted by Gasteiger charge is -2.14. The van der Waals surface area contributed by atoms with Crippen LogP contribution in [0.15, 0.2) is 18.2 Å². The summed E-state index contributed by atoms with van der Waals surface area (Å²) < 4.78 is 0. The van der Waals surface area contributed by atoms with Crippen LogP contribution in [0.4, 0.5) is 5.69 Å². The fourth-order valence-electron chi connectivity index (χ4n) is 2.28. The normalized spacial score (nSPS) is 18.1. The number of amides is 2. The van der Waals surface area contributed by atoms with E-state index < -0.39 is 0 Å². The quantitative estimate of drug-likeness (QED) is 0.761. The molecule has 0 radical (unpaired) electrons. The Kier molecular flexibility index (Phi) is 4.16. The van der Waals surface area contributed by atoms with Crippen molar-refractivity contribution in [3.05, 3.63) is 29.3 Å². The van der Waals surface area contributed by atoms with Crippen molar-refractivity contribution in [2.45, 2.75) is 25.8 Å². The summed E-state index contributed by atoms with van der Waals surface area (Å²) >= 11 is 0. The van der Waals surface area contributed by atoms with E-state index in [0.717, 1.165) is 24.9 Å². The van der Waals surface area contributed by atoms with Crippen molar-refractivity contribution in [3.8, 4) is 0 Å². The van der Waals surface area contributed by atoms with Gasteiger partial charge in [0.1, 0.15) is 0 Å². The van der Waals surface area contributed by atoms with Gasteiger partial charge in [-0.25, -0.2) is 0 Å². The van der Waals surface area contributed by atoms with Crippen LogP contribution < -0.4 is 16.0 Å². The molecule has 19 heavy (non-hydrogen) atoms. The summed E-state index contributed by atoms with van der Waals surface area (Å²) in [5.74, 6) is -0.178. The highest BCUT2D eigenvalue weighted by molar-refractivity contribution is 6.00. The third-order valence-electron chi connectivity index (χ3n) is 3.44. The molecule has 0 aromatic heterocycles. The molecule has 0 bridgehead atoms. The molecule has 1 fully saturated rings. The molecule has 0 saturated carbocycles. The molecule has 2 amide bonds. The van der Waals surface area contributed by atoms with Crippen molar-refractivity contribution in [1.82, 2.24) is 10.6 Å². The molecule has 0 spiro atoms. The number of rotatable bonds is 3. The average molecular weight is 261 g/mol. The van der Waals surface area contributed by atoms with E-state index in [2.05, 4.69) is 16.0 Å². The minimum atomic E-state index is -0.146. The first-order chi connectivity index (χ1) is 9.13. The second kappa shape index (κ2) is 5.84. The molecule has 1 aromatic carbocycles. The first kappa shape index (κ1) is 13.5. The monoisotopic (exact) mass is 261 g/mol. The summed E-state index contributed by atoms with van der Waals surface area (Å²) in [7, 11) is 1.59. The zero-order valence-corrected chi connectivity index (χ0v) is 11.2. The number of carbonyl (C=O) groups excluding carboxylic acids is 2. The molecule has 5 heteroatoms. The van der Waals surface area contributed by atoms with Crippen LogP contribution in [-0.4, -0.2) is 31.4 Å². The van der Waals surface area contributed by atoms with Crippen molar-refractivity contribution in [3.63, 3.8) is 0 Å². The van der Waals surface area contributed by atoms with E-state index in [1.165, 1.54) is 0 Å². The zero-order valence-electron chi connectivity index (χ0n) is 11.2. The Bertz CT molecular complexity index is 493. The molecule has 1 aliphatic heterocycles. The third-order valence-corrected chi connectivity index (χ3v) is 3.44. The predicted octanol–water partition coefficient (Wildman–Crippen LogP) is 1.05. The summed E-state index contributed by atoms with van der Waals surface area (Å²) in [5.41, 5.74) is 2.06. The number of hydrogen-bond donors (Lipinski definition) is 3. The molecule has 1 heterocycles. The van der Waals surface area contributed by atoms with Crippen molar-refractivity contribution in [2.24, 2.45) is 0 Å². The van der Waals surface area contributed by atoms with E-state index >= 15 is 0 Å². The largest absolute Gasteiger partial charge is 0.355 e. The Labute approximate surface area is 112 Å². The van der Waals surface area contributed by atoms with Gasteiger partial charge in [-0.15, -0.1) is 0 Å². The second-order valence-corrected chi connectivity index (χ2v) is 4.70. The highest BCUT2D eigenvalue weighted by Gasteiger charge is 2.22. The summed E-state index contributed by atoms with van der Waals surface area (Å²) in [5, 5.41) is 8.64. The molecule has 1 atom stereocenters. The van der Waals surface area contributed by atoms with Gasteiger partial charge in [0, 0.05) is 18.3 Å². The van der Waals surface area contributed by atoms with Gasteiger partial charge in [0.15, 0.2) is 0 Å². The lowest BCUT2D eigenvalue weighted by molar-refractivity contribution is -0.117. The van der Waals surface area contributed by atoms with Crippen molar-refractivity contribution in [1.29, 1.82) is 0 Å². The maximum atomic E-state index is 12.0. The highest BCUT2D eigenvalue weighted by atomic mass is 16.2. The minimum absolute atomic E-state index is 0.0327. The fourth-order valence-corrected chi connectivity index (χ4v) is 2.28. The third kappa shape index (κ3) is 2.93. The van der Waals surface area contributed by atoms with Crippen LogP contribution in [0.5, 0.6) is 0 Å². The number of anilines is 1. The number of hydrogen-bond acceptors (Lipinski definition) is 3. The van der Waals surface area contributed by atoms with E-state index in [1.807, 2.05) is 13.0 Å². The molecular weight excluding hydrogens is 242 g/mol. The van der Waals surface area contributed by atoms with Crippen LogP contribution in [0, 0.1) is 6.92 Å². The molecule has 2 rings (SSSR count). The van der Waals surface area contributed by atoms with E-state index in [1.54, 1.807) is 19.2 Å². The van der Waals surface area contributed by atoms with E-state index in [-0.39, 0.29) is 17.9 Å². The first-order valence-corrected chi connectivity index (χ1v) is 6.49. The molecule has 3 N–H and O–H groups in total. The van der Waals surface area contributed by atoms with Gasteiger partial charge in [-0.1, -0.05) is 6.07 Å². The van der Waals surface area contributed by atoms with Crippen LogP contribution in [-0.2, 0) is 4.79 Å². The molecule has 1 aliphatic rings. The Hall–Kier alpha value is -1.88. The van der Waals surface area contributed by atoms with E-state index in [4.69, 9.17) is 0 Å². The van der Waals surface area contributed by atoms with Gasteiger partial charge in [0.25, 0.3) is 5.91 Å². The highest BCUT2D eigenvalue weighted by Crippen LogP contribution is 2.20. The van der Waals surface area contributed by atoms with Gasteiger partial charge in [0.05, 0.1) is 6.04 Å². The van der Waals surface area contributed by atoms with Crippen LogP contribution in [0.3, 0.4) is 0 Å². The Morgan fingerprint density at radius 3 is 2.79 bits per heavy atom. The summed E-state index contributed by atoms with van der Waals surface area (Å²) in [6, 6.07) is 5.21. The van der Waals surface area contributed by atoms with Crippen molar-refractivity contribution < 1.29 is 9.59 Å². The Morgan fingerprint density at radius 1 is 1.37 bits per heavy atom. The van der Waals surface area contributed by atoms with Gasteiger partial charge in [0.2, 0.25) is 5.91 Å². The van der Waals surface area contributed by atoms with Crippen LogP contribution >= 0.6 is 0 Å². The van der Waals surface area contributed by atoms with Gasteiger partial charge < -0.3 is 16.0 Å². The molecular formula is C14H19N3O2.